The van der Waals surface area contributed by atoms with Gasteiger partial charge in [-0.1, -0.05) is 0 Å². The summed E-state index contributed by atoms with van der Waals surface area (Å²) in [5, 5.41) is 24.3. The zero-order valence-corrected chi connectivity index (χ0v) is 15.3. The molecule has 2 rings (SSSR count). The molecule has 0 bridgehead atoms. The number of ether oxygens (including phenoxy) is 2. The molecule has 0 aliphatic heterocycles. The molecule has 0 aliphatic carbocycles. The van der Waals surface area contributed by atoms with Crippen LogP contribution in [0.25, 0.3) is 0 Å². The highest BCUT2D eigenvalue weighted by atomic mass is 79.9. The first-order valence-corrected chi connectivity index (χ1v) is 7.88. The van der Waals surface area contributed by atoms with Gasteiger partial charge in [-0.05, 0) is 34.1 Å². The maximum atomic E-state index is 12.2. The van der Waals surface area contributed by atoms with E-state index in [4.69, 9.17) is 9.47 Å². The van der Waals surface area contributed by atoms with Gasteiger partial charge in [0.15, 0.2) is 0 Å². The van der Waals surface area contributed by atoms with E-state index in [1.165, 1.54) is 38.6 Å². The fraction of sp³-hybridized carbons (Fsp3) is 0.125. The van der Waals surface area contributed by atoms with Crippen molar-refractivity contribution in [1.82, 2.24) is 5.43 Å². The number of carbonyl (C=O) groups is 1. The molecule has 0 heterocycles. The first kappa shape index (κ1) is 19.2. The number of nitro groups is 1. The summed E-state index contributed by atoms with van der Waals surface area (Å²) >= 11 is 3.02. The molecule has 0 saturated heterocycles. The quantitative estimate of drug-likeness (QED) is 0.418. The van der Waals surface area contributed by atoms with Crippen LogP contribution in [0.15, 0.2) is 39.9 Å². The van der Waals surface area contributed by atoms with E-state index in [0.717, 1.165) is 6.07 Å². The van der Waals surface area contributed by atoms with Crippen LogP contribution in [-0.2, 0) is 0 Å². The summed E-state index contributed by atoms with van der Waals surface area (Å²) in [6.45, 7) is 0. The Morgan fingerprint density at radius 2 is 1.85 bits per heavy atom. The van der Waals surface area contributed by atoms with Gasteiger partial charge in [0, 0.05) is 23.3 Å². The monoisotopic (exact) mass is 423 g/mol. The smallest absolute Gasteiger partial charge is 0.312 e. The van der Waals surface area contributed by atoms with Gasteiger partial charge in [0.05, 0.1) is 29.8 Å². The average molecular weight is 424 g/mol. The van der Waals surface area contributed by atoms with E-state index in [9.17, 15) is 20.0 Å². The highest BCUT2D eigenvalue weighted by molar-refractivity contribution is 9.10. The first-order valence-electron chi connectivity index (χ1n) is 7.09. The second-order valence-corrected chi connectivity index (χ2v) is 5.78. The van der Waals surface area contributed by atoms with E-state index < -0.39 is 22.3 Å². The Bertz CT molecular complexity index is 862. The van der Waals surface area contributed by atoms with Crippen LogP contribution in [0.5, 0.6) is 17.2 Å². The molecule has 2 aromatic rings. The van der Waals surface area contributed by atoms with Crippen molar-refractivity contribution in [3.05, 3.63) is 56.0 Å². The zero-order valence-electron chi connectivity index (χ0n) is 13.7. The van der Waals surface area contributed by atoms with Crippen LogP contribution in [0, 0.1) is 10.1 Å². The lowest BCUT2D eigenvalue weighted by Gasteiger charge is -2.07. The Kier molecular flexibility index (Phi) is 6.12. The minimum atomic E-state index is -0.724. The lowest BCUT2D eigenvalue weighted by atomic mass is 10.2. The summed E-state index contributed by atoms with van der Waals surface area (Å²) in [5.41, 5.74) is 2.39. The number of hydrazone groups is 1. The van der Waals surface area contributed by atoms with Crippen LogP contribution in [0.3, 0.4) is 0 Å². The number of benzene rings is 2. The summed E-state index contributed by atoms with van der Waals surface area (Å²) < 4.78 is 10.3. The number of methoxy groups -OCH3 is 2. The molecule has 2 N–H and O–H groups in total. The standard InChI is InChI=1S/C16H14BrN3O6/c1-25-11-5-10(6-12(7-11)26-2)16(22)19-18-8-9-3-13(17)15(21)14(4-9)20(23)24/h3-8,21H,1-2H3,(H,19,22). The minimum Gasteiger partial charge on any atom is -0.501 e. The number of nitro benzene ring substituents is 1. The van der Waals surface area contributed by atoms with E-state index in [2.05, 4.69) is 26.5 Å². The lowest BCUT2D eigenvalue weighted by Crippen LogP contribution is -2.17. The summed E-state index contributed by atoms with van der Waals surface area (Å²) in [7, 11) is 2.92. The maximum absolute atomic E-state index is 12.2. The first-order chi connectivity index (χ1) is 12.3. The molecule has 136 valence electrons. The summed E-state index contributed by atoms with van der Waals surface area (Å²) in [6, 6.07) is 7.19. The Morgan fingerprint density at radius 3 is 2.38 bits per heavy atom. The van der Waals surface area contributed by atoms with E-state index in [-0.39, 0.29) is 10.0 Å². The number of hydrogen-bond acceptors (Lipinski definition) is 7. The third-order valence-electron chi connectivity index (χ3n) is 3.26. The number of nitrogens with zero attached hydrogens (tertiary/aromatic N) is 2. The largest absolute Gasteiger partial charge is 0.501 e. The van der Waals surface area contributed by atoms with E-state index in [1.807, 2.05) is 0 Å². The van der Waals surface area contributed by atoms with Gasteiger partial charge in [-0.25, -0.2) is 5.43 Å². The molecule has 10 heteroatoms. The van der Waals surface area contributed by atoms with Crippen LogP contribution in [0.2, 0.25) is 0 Å². The highest BCUT2D eigenvalue weighted by Gasteiger charge is 2.17. The van der Waals surface area contributed by atoms with E-state index in [1.54, 1.807) is 6.07 Å². The molecule has 0 saturated carbocycles. The fourth-order valence-electron chi connectivity index (χ4n) is 1.99. The number of rotatable bonds is 6. The normalized spacial score (nSPS) is 10.6. The van der Waals surface area contributed by atoms with Crippen molar-refractivity contribution in [3.8, 4) is 17.2 Å². The number of hydrogen-bond donors (Lipinski definition) is 2. The molecular formula is C16H14BrN3O6. The van der Waals surface area contributed by atoms with Gasteiger partial charge in [0.1, 0.15) is 11.5 Å². The van der Waals surface area contributed by atoms with Crippen LogP contribution in [-0.4, -0.2) is 36.4 Å². The van der Waals surface area contributed by atoms with Gasteiger partial charge in [0.25, 0.3) is 5.91 Å². The van der Waals surface area contributed by atoms with Crippen molar-refractivity contribution in [1.29, 1.82) is 0 Å². The minimum absolute atomic E-state index is 0.136. The van der Waals surface area contributed by atoms with Crippen LogP contribution in [0.4, 0.5) is 5.69 Å². The van der Waals surface area contributed by atoms with Gasteiger partial charge in [-0.15, -0.1) is 0 Å². The van der Waals surface area contributed by atoms with Gasteiger partial charge in [-0.3, -0.25) is 14.9 Å². The molecule has 9 nitrogen and oxygen atoms in total. The van der Waals surface area contributed by atoms with Crippen LogP contribution >= 0.6 is 15.9 Å². The van der Waals surface area contributed by atoms with Crippen molar-refractivity contribution < 1.29 is 24.3 Å². The van der Waals surface area contributed by atoms with Crippen molar-refractivity contribution in [2.45, 2.75) is 0 Å². The number of aromatic hydroxyl groups is 1. The number of amides is 1. The van der Waals surface area contributed by atoms with Crippen molar-refractivity contribution in [2.24, 2.45) is 5.10 Å². The SMILES string of the molecule is COc1cc(OC)cc(C(=O)NN=Cc2cc(Br)c(O)c([N+](=O)[O-])c2)c1. The second kappa shape index (κ2) is 8.30. The number of phenolic OH excluding ortho intramolecular Hbond substituents is 1. The topological polar surface area (TPSA) is 123 Å². The maximum Gasteiger partial charge on any atom is 0.312 e. The number of carbonyl (C=O) groups excluding carboxylic acids is 1. The Balaban J connectivity index is 2.18. The molecule has 0 unspecified atom stereocenters. The van der Waals surface area contributed by atoms with Crippen LogP contribution in [0.1, 0.15) is 15.9 Å². The Morgan fingerprint density at radius 1 is 1.23 bits per heavy atom. The van der Waals surface area contributed by atoms with Gasteiger partial charge in [-0.2, -0.15) is 5.10 Å². The number of nitrogens with one attached hydrogen (secondary N) is 1. The predicted molar refractivity (Wildman–Crippen MR) is 97.1 cm³/mol. The molecular weight excluding hydrogens is 410 g/mol. The number of phenols is 1. The summed E-state index contributed by atoms with van der Waals surface area (Å²) in [4.78, 5) is 22.4. The van der Waals surface area contributed by atoms with Crippen molar-refractivity contribution >= 4 is 33.7 Å². The van der Waals surface area contributed by atoms with Crippen molar-refractivity contribution in [2.75, 3.05) is 14.2 Å². The summed E-state index contributed by atoms with van der Waals surface area (Å²) in [5.74, 6) is -0.126. The fourth-order valence-corrected chi connectivity index (χ4v) is 2.45. The van der Waals surface area contributed by atoms with E-state index in [0.29, 0.717) is 17.1 Å². The Hall–Kier alpha value is -3.14. The van der Waals surface area contributed by atoms with E-state index >= 15 is 0 Å². The molecule has 26 heavy (non-hydrogen) atoms. The van der Waals surface area contributed by atoms with Crippen molar-refractivity contribution in [3.63, 3.8) is 0 Å². The highest BCUT2D eigenvalue weighted by Crippen LogP contribution is 2.34. The molecule has 0 fully saturated rings. The average Bonchev–Trinajstić information content (AvgIpc) is 2.63. The third-order valence-corrected chi connectivity index (χ3v) is 3.86. The summed E-state index contributed by atoms with van der Waals surface area (Å²) in [6.07, 6.45) is 1.21. The van der Waals surface area contributed by atoms with Crippen LogP contribution < -0.4 is 14.9 Å². The Labute approximate surface area is 156 Å². The molecule has 0 aliphatic rings. The zero-order chi connectivity index (χ0) is 19.3. The van der Waals surface area contributed by atoms with Gasteiger partial charge in [0.2, 0.25) is 5.75 Å². The third kappa shape index (κ3) is 4.48. The molecule has 0 aromatic heterocycles. The predicted octanol–water partition coefficient (Wildman–Crippen LogP) is 2.84. The second-order valence-electron chi connectivity index (χ2n) is 4.93. The molecule has 0 atom stereocenters. The van der Waals surface area contributed by atoms with Gasteiger partial charge >= 0.3 is 5.69 Å². The molecule has 2 aromatic carbocycles. The number of halogens is 1. The molecule has 0 spiro atoms. The molecule has 1 amide bonds. The van der Waals surface area contributed by atoms with Gasteiger partial charge < -0.3 is 14.6 Å². The lowest BCUT2D eigenvalue weighted by molar-refractivity contribution is -0.386. The molecule has 0 radical (unpaired) electrons.